The quantitative estimate of drug-likeness (QED) is 0.621. The lowest BCUT2D eigenvalue weighted by Crippen LogP contribution is -2.06. The Balaban J connectivity index is 2.25. The first-order chi connectivity index (χ1) is 8.97. The van der Waals surface area contributed by atoms with E-state index in [4.69, 9.17) is 11.6 Å². The SMILES string of the molecule is O=C(Cc1ccc(Cl)cc1F)c1ccc(Br)cc1Br. The molecule has 0 unspecified atom stereocenters. The van der Waals surface area contributed by atoms with Gasteiger partial charge in [-0.3, -0.25) is 4.79 Å². The lowest BCUT2D eigenvalue weighted by molar-refractivity contribution is 0.0991. The van der Waals surface area contributed by atoms with Crippen LogP contribution in [-0.4, -0.2) is 5.78 Å². The summed E-state index contributed by atoms with van der Waals surface area (Å²) in [6.45, 7) is 0. The van der Waals surface area contributed by atoms with Crippen LogP contribution >= 0.6 is 43.5 Å². The zero-order valence-corrected chi connectivity index (χ0v) is 13.5. The smallest absolute Gasteiger partial charge is 0.168 e. The van der Waals surface area contributed by atoms with Crippen LogP contribution < -0.4 is 0 Å². The fourth-order valence-corrected chi connectivity index (χ4v) is 3.08. The van der Waals surface area contributed by atoms with Crippen molar-refractivity contribution in [2.24, 2.45) is 0 Å². The van der Waals surface area contributed by atoms with Crippen molar-refractivity contribution < 1.29 is 9.18 Å². The highest BCUT2D eigenvalue weighted by molar-refractivity contribution is 9.11. The highest BCUT2D eigenvalue weighted by Crippen LogP contribution is 2.24. The largest absolute Gasteiger partial charge is 0.294 e. The molecule has 0 aromatic heterocycles. The second-order valence-electron chi connectivity index (χ2n) is 3.96. The predicted octanol–water partition coefficient (Wildman–Crippen LogP) is 5.43. The number of ketones is 1. The molecule has 0 amide bonds. The van der Waals surface area contributed by atoms with Crippen molar-refractivity contribution in [2.75, 3.05) is 0 Å². The van der Waals surface area contributed by atoms with Gasteiger partial charge in [-0.2, -0.15) is 0 Å². The molecule has 0 atom stereocenters. The molecule has 0 fully saturated rings. The first-order valence-electron chi connectivity index (χ1n) is 5.39. The van der Waals surface area contributed by atoms with Crippen molar-refractivity contribution in [1.29, 1.82) is 0 Å². The van der Waals surface area contributed by atoms with Gasteiger partial charge in [0.25, 0.3) is 0 Å². The van der Waals surface area contributed by atoms with E-state index in [-0.39, 0.29) is 12.2 Å². The minimum absolute atomic E-state index is 0.00321. The van der Waals surface area contributed by atoms with E-state index in [2.05, 4.69) is 31.9 Å². The Morgan fingerprint density at radius 3 is 2.53 bits per heavy atom. The van der Waals surface area contributed by atoms with Gasteiger partial charge in [-0.15, -0.1) is 0 Å². The van der Waals surface area contributed by atoms with Crippen molar-refractivity contribution in [3.05, 3.63) is 67.3 Å². The average Bonchev–Trinajstić information content (AvgIpc) is 2.32. The number of Topliss-reactive ketones (excluding diaryl/α,β-unsaturated/α-hetero) is 1. The number of hydrogen-bond donors (Lipinski definition) is 0. The number of halogens is 4. The van der Waals surface area contributed by atoms with Gasteiger partial charge in [-0.25, -0.2) is 4.39 Å². The Hall–Kier alpha value is -0.710. The van der Waals surface area contributed by atoms with Crippen molar-refractivity contribution in [3.63, 3.8) is 0 Å². The van der Waals surface area contributed by atoms with Crippen LogP contribution in [-0.2, 0) is 6.42 Å². The van der Waals surface area contributed by atoms with E-state index >= 15 is 0 Å². The normalized spacial score (nSPS) is 10.5. The lowest BCUT2D eigenvalue weighted by atomic mass is 10.0. The second kappa shape index (κ2) is 6.16. The molecule has 0 aliphatic carbocycles. The summed E-state index contributed by atoms with van der Waals surface area (Å²) in [6, 6.07) is 9.57. The summed E-state index contributed by atoms with van der Waals surface area (Å²) in [7, 11) is 0. The van der Waals surface area contributed by atoms with Crippen LogP contribution in [0.15, 0.2) is 45.3 Å². The zero-order valence-electron chi connectivity index (χ0n) is 9.59. The van der Waals surface area contributed by atoms with Crippen molar-refractivity contribution >= 4 is 49.2 Å². The van der Waals surface area contributed by atoms with E-state index in [1.54, 1.807) is 24.3 Å². The molecule has 2 aromatic carbocycles. The summed E-state index contributed by atoms with van der Waals surface area (Å²) >= 11 is 12.3. The molecule has 19 heavy (non-hydrogen) atoms. The van der Waals surface area contributed by atoms with Gasteiger partial charge in [0.05, 0.1) is 0 Å². The Kier molecular flexibility index (Phi) is 4.76. The highest BCUT2D eigenvalue weighted by atomic mass is 79.9. The maximum absolute atomic E-state index is 13.6. The van der Waals surface area contributed by atoms with Gasteiger partial charge in [0.15, 0.2) is 5.78 Å². The van der Waals surface area contributed by atoms with Gasteiger partial charge in [-0.05, 0) is 35.9 Å². The fourth-order valence-electron chi connectivity index (χ4n) is 1.65. The Morgan fingerprint density at radius 1 is 1.16 bits per heavy atom. The third kappa shape index (κ3) is 3.65. The summed E-state index contributed by atoms with van der Waals surface area (Å²) < 4.78 is 15.2. The standard InChI is InChI=1S/C14H8Br2ClFO/c15-9-2-4-11(12(16)6-9)14(19)5-8-1-3-10(17)7-13(8)18/h1-4,6-7H,5H2. The minimum Gasteiger partial charge on any atom is -0.294 e. The topological polar surface area (TPSA) is 17.1 Å². The number of benzene rings is 2. The molecule has 2 aromatic rings. The van der Waals surface area contributed by atoms with Crippen LogP contribution in [0.25, 0.3) is 0 Å². The first-order valence-corrected chi connectivity index (χ1v) is 7.36. The average molecular weight is 406 g/mol. The summed E-state index contributed by atoms with van der Waals surface area (Å²) in [5.74, 6) is -0.616. The van der Waals surface area contributed by atoms with Gasteiger partial charge >= 0.3 is 0 Å². The molecular weight excluding hydrogens is 398 g/mol. The molecule has 0 aliphatic rings. The third-order valence-electron chi connectivity index (χ3n) is 2.60. The van der Waals surface area contributed by atoms with Crippen LogP contribution in [0.1, 0.15) is 15.9 Å². The van der Waals surface area contributed by atoms with Crippen LogP contribution in [0, 0.1) is 5.82 Å². The fraction of sp³-hybridized carbons (Fsp3) is 0.0714. The molecule has 0 bridgehead atoms. The van der Waals surface area contributed by atoms with Gasteiger partial charge in [-0.1, -0.05) is 49.5 Å². The van der Waals surface area contributed by atoms with Gasteiger partial charge in [0.1, 0.15) is 5.82 Å². The molecule has 0 heterocycles. The molecule has 1 nitrogen and oxygen atoms in total. The van der Waals surface area contributed by atoms with Crippen LogP contribution in [0.2, 0.25) is 5.02 Å². The lowest BCUT2D eigenvalue weighted by Gasteiger charge is -2.06. The summed E-state index contributed by atoms with van der Waals surface area (Å²) in [6.07, 6.45) is 0.00321. The molecule has 2 rings (SSSR count). The van der Waals surface area contributed by atoms with E-state index in [9.17, 15) is 9.18 Å². The zero-order chi connectivity index (χ0) is 14.0. The molecule has 0 spiro atoms. The van der Waals surface area contributed by atoms with Crippen molar-refractivity contribution in [2.45, 2.75) is 6.42 Å². The Labute approximate surface area is 132 Å². The highest BCUT2D eigenvalue weighted by Gasteiger charge is 2.13. The van der Waals surface area contributed by atoms with Crippen LogP contribution in [0.3, 0.4) is 0 Å². The molecule has 0 saturated heterocycles. The number of carbonyl (C=O) groups is 1. The molecule has 5 heteroatoms. The van der Waals surface area contributed by atoms with E-state index in [1.165, 1.54) is 12.1 Å². The van der Waals surface area contributed by atoms with Gasteiger partial charge < -0.3 is 0 Å². The van der Waals surface area contributed by atoms with Crippen LogP contribution in [0.5, 0.6) is 0 Å². The first kappa shape index (κ1) is 14.7. The molecule has 0 radical (unpaired) electrons. The number of carbonyl (C=O) groups excluding carboxylic acids is 1. The Bertz CT molecular complexity index is 643. The second-order valence-corrected chi connectivity index (χ2v) is 6.17. The minimum atomic E-state index is -0.464. The monoisotopic (exact) mass is 404 g/mol. The van der Waals surface area contributed by atoms with Crippen molar-refractivity contribution in [3.8, 4) is 0 Å². The van der Waals surface area contributed by atoms with Gasteiger partial charge in [0, 0.05) is 26.0 Å². The van der Waals surface area contributed by atoms with E-state index in [1.807, 2.05) is 0 Å². The number of hydrogen-bond acceptors (Lipinski definition) is 1. The molecule has 0 aliphatic heterocycles. The summed E-state index contributed by atoms with van der Waals surface area (Å²) in [5, 5.41) is 0.318. The molecule has 0 saturated carbocycles. The molecular formula is C14H8Br2ClFO. The van der Waals surface area contributed by atoms with E-state index in [0.717, 1.165) is 4.47 Å². The third-order valence-corrected chi connectivity index (χ3v) is 3.98. The Morgan fingerprint density at radius 2 is 1.89 bits per heavy atom. The number of rotatable bonds is 3. The predicted molar refractivity (Wildman–Crippen MR) is 81.3 cm³/mol. The molecule has 98 valence electrons. The maximum Gasteiger partial charge on any atom is 0.168 e. The van der Waals surface area contributed by atoms with E-state index in [0.29, 0.717) is 20.6 Å². The van der Waals surface area contributed by atoms with Crippen LogP contribution in [0.4, 0.5) is 4.39 Å². The molecule has 0 N–H and O–H groups in total. The summed E-state index contributed by atoms with van der Waals surface area (Å²) in [5.41, 5.74) is 0.863. The summed E-state index contributed by atoms with van der Waals surface area (Å²) in [4.78, 5) is 12.1. The maximum atomic E-state index is 13.6. The van der Waals surface area contributed by atoms with E-state index < -0.39 is 5.82 Å². The van der Waals surface area contributed by atoms with Gasteiger partial charge in [0.2, 0.25) is 0 Å². The van der Waals surface area contributed by atoms with Crippen molar-refractivity contribution in [1.82, 2.24) is 0 Å².